The third kappa shape index (κ3) is 3.43. The van der Waals surface area contributed by atoms with Crippen LogP contribution in [0.25, 0.3) is 0 Å². The van der Waals surface area contributed by atoms with Gasteiger partial charge in [-0.1, -0.05) is 18.2 Å². The summed E-state index contributed by atoms with van der Waals surface area (Å²) in [6, 6.07) is 14.7. The van der Waals surface area contributed by atoms with E-state index in [-0.39, 0.29) is 17.1 Å². The molecule has 5 nitrogen and oxygen atoms in total. The first kappa shape index (κ1) is 17.6. The Bertz CT molecular complexity index is 929. The number of nitrogen functional groups attached to an aromatic ring is 1. The molecule has 26 heavy (non-hydrogen) atoms. The summed E-state index contributed by atoms with van der Waals surface area (Å²) in [5.41, 5.74) is 8.82. The monoisotopic (exact) mass is 351 g/mol. The molecule has 3 aromatic rings. The second kappa shape index (κ2) is 6.98. The van der Waals surface area contributed by atoms with Crippen LogP contribution in [0.1, 0.15) is 28.4 Å². The molecule has 0 radical (unpaired) electrons. The van der Waals surface area contributed by atoms with Gasteiger partial charge in [-0.2, -0.15) is 0 Å². The van der Waals surface area contributed by atoms with Crippen molar-refractivity contribution < 1.29 is 20.1 Å². The van der Waals surface area contributed by atoms with Crippen LogP contribution < -0.4 is 10.5 Å². The average molecular weight is 351 g/mol. The van der Waals surface area contributed by atoms with Gasteiger partial charge in [0.15, 0.2) is 0 Å². The van der Waals surface area contributed by atoms with Crippen LogP contribution in [0.2, 0.25) is 0 Å². The zero-order valence-electron chi connectivity index (χ0n) is 14.6. The fraction of sp³-hybridized carbons (Fsp3) is 0.143. The number of hydrogen-bond donors (Lipinski definition) is 4. The van der Waals surface area contributed by atoms with Crippen molar-refractivity contribution >= 4 is 5.69 Å². The van der Waals surface area contributed by atoms with Crippen LogP contribution in [0.15, 0.2) is 54.6 Å². The first-order chi connectivity index (χ1) is 12.4. The Morgan fingerprint density at radius 2 is 1.46 bits per heavy atom. The Hall–Kier alpha value is -3.18. The first-order valence-electron chi connectivity index (χ1n) is 8.20. The number of aliphatic hydroxyl groups excluding tert-OH is 1. The maximum absolute atomic E-state index is 10.6. The summed E-state index contributed by atoms with van der Waals surface area (Å²) >= 11 is 0. The molecule has 5 heteroatoms. The van der Waals surface area contributed by atoms with Gasteiger partial charge in [-0.05, 0) is 61.4 Å². The number of rotatable bonds is 4. The molecule has 0 spiro atoms. The number of ether oxygens (including phenoxy) is 1. The lowest BCUT2D eigenvalue weighted by Gasteiger charge is -2.17. The van der Waals surface area contributed by atoms with E-state index in [1.165, 1.54) is 12.1 Å². The summed E-state index contributed by atoms with van der Waals surface area (Å²) in [6.45, 7) is 3.80. The third-order valence-corrected chi connectivity index (χ3v) is 4.23. The molecular formula is C21H21NO4. The van der Waals surface area contributed by atoms with Crippen molar-refractivity contribution in [3.63, 3.8) is 0 Å². The predicted octanol–water partition coefficient (Wildman–Crippen LogP) is 4.17. The summed E-state index contributed by atoms with van der Waals surface area (Å²) in [4.78, 5) is 0. The average Bonchev–Trinajstić information content (AvgIpc) is 2.59. The Morgan fingerprint density at radius 1 is 0.846 bits per heavy atom. The van der Waals surface area contributed by atoms with Crippen molar-refractivity contribution in [2.75, 3.05) is 5.73 Å². The fourth-order valence-electron chi connectivity index (χ4n) is 2.96. The van der Waals surface area contributed by atoms with E-state index < -0.39 is 6.10 Å². The van der Waals surface area contributed by atoms with Gasteiger partial charge in [0, 0.05) is 16.8 Å². The summed E-state index contributed by atoms with van der Waals surface area (Å²) in [5.74, 6) is 1.01. The van der Waals surface area contributed by atoms with Gasteiger partial charge in [0.05, 0.1) is 0 Å². The highest BCUT2D eigenvalue weighted by Gasteiger charge is 2.19. The molecule has 5 N–H and O–H groups in total. The van der Waals surface area contributed by atoms with Gasteiger partial charge in [0.25, 0.3) is 0 Å². The minimum Gasteiger partial charge on any atom is -0.508 e. The molecule has 134 valence electrons. The van der Waals surface area contributed by atoms with Gasteiger partial charge >= 0.3 is 0 Å². The Kier molecular flexibility index (Phi) is 4.73. The highest BCUT2D eigenvalue weighted by Crippen LogP contribution is 2.38. The summed E-state index contributed by atoms with van der Waals surface area (Å²) in [5, 5.41) is 30.7. The minimum atomic E-state index is -1.19. The second-order valence-electron chi connectivity index (χ2n) is 6.27. The maximum atomic E-state index is 10.6. The second-order valence-corrected chi connectivity index (χ2v) is 6.27. The molecule has 1 unspecified atom stereocenters. The lowest BCUT2D eigenvalue weighted by Crippen LogP contribution is -2.01. The number of aliphatic hydroxyl groups is 1. The molecule has 0 bridgehead atoms. The van der Waals surface area contributed by atoms with E-state index in [1.54, 1.807) is 30.3 Å². The summed E-state index contributed by atoms with van der Waals surface area (Å²) in [6.07, 6.45) is -1.19. The summed E-state index contributed by atoms with van der Waals surface area (Å²) < 4.78 is 5.97. The number of benzene rings is 3. The van der Waals surface area contributed by atoms with E-state index >= 15 is 0 Å². The predicted molar refractivity (Wildman–Crippen MR) is 101 cm³/mol. The first-order valence-corrected chi connectivity index (χ1v) is 8.20. The molecule has 0 aromatic heterocycles. The number of aryl methyl sites for hydroxylation is 2. The molecule has 0 aliphatic rings. The van der Waals surface area contributed by atoms with Crippen LogP contribution in [-0.4, -0.2) is 15.3 Å². The van der Waals surface area contributed by atoms with Crippen molar-refractivity contribution in [1.29, 1.82) is 0 Å². The summed E-state index contributed by atoms with van der Waals surface area (Å²) in [7, 11) is 0. The highest BCUT2D eigenvalue weighted by atomic mass is 16.5. The molecule has 0 aliphatic carbocycles. The number of hydrogen-bond acceptors (Lipinski definition) is 5. The van der Waals surface area contributed by atoms with Crippen LogP contribution >= 0.6 is 0 Å². The lowest BCUT2D eigenvalue weighted by atomic mass is 9.99. The van der Waals surface area contributed by atoms with Crippen LogP contribution in [0.4, 0.5) is 5.69 Å². The van der Waals surface area contributed by atoms with Crippen LogP contribution in [0.5, 0.6) is 23.0 Å². The molecule has 0 aliphatic heterocycles. The number of aromatic hydroxyl groups is 2. The maximum Gasteiger partial charge on any atom is 0.133 e. The van der Waals surface area contributed by atoms with E-state index in [0.29, 0.717) is 22.7 Å². The van der Waals surface area contributed by atoms with Crippen LogP contribution in [-0.2, 0) is 0 Å². The number of phenols is 2. The Labute approximate surface area is 151 Å². The topological polar surface area (TPSA) is 95.9 Å². The molecule has 0 fully saturated rings. The zero-order valence-corrected chi connectivity index (χ0v) is 14.6. The number of para-hydroxylation sites is 1. The van der Waals surface area contributed by atoms with E-state index in [0.717, 1.165) is 11.1 Å². The van der Waals surface area contributed by atoms with Gasteiger partial charge in [-0.25, -0.2) is 0 Å². The van der Waals surface area contributed by atoms with Crippen molar-refractivity contribution in [2.24, 2.45) is 0 Å². The lowest BCUT2D eigenvalue weighted by molar-refractivity contribution is 0.210. The quantitative estimate of drug-likeness (QED) is 0.529. The standard InChI is InChI=1S/C21H21NO4/c1-12-9-14(22)10-13(2)21(12)26-15-7-8-19(24)17(11-15)20(25)16-5-3-4-6-18(16)23/h3-11,20,23-25H,22H2,1-2H3. The largest absolute Gasteiger partial charge is 0.508 e. The van der Waals surface area contributed by atoms with Crippen molar-refractivity contribution in [2.45, 2.75) is 20.0 Å². The Balaban J connectivity index is 1.97. The molecule has 1 atom stereocenters. The van der Waals surface area contributed by atoms with Crippen LogP contribution in [0, 0.1) is 13.8 Å². The third-order valence-electron chi connectivity index (χ3n) is 4.23. The molecule has 3 rings (SSSR count). The van der Waals surface area contributed by atoms with Gasteiger partial charge in [0.2, 0.25) is 0 Å². The highest BCUT2D eigenvalue weighted by molar-refractivity contribution is 5.54. The number of nitrogens with two attached hydrogens (primary N) is 1. The normalized spacial score (nSPS) is 12.0. The number of anilines is 1. The van der Waals surface area contributed by atoms with Crippen molar-refractivity contribution in [3.05, 3.63) is 76.9 Å². The van der Waals surface area contributed by atoms with Gasteiger partial charge < -0.3 is 25.8 Å². The van der Waals surface area contributed by atoms with Gasteiger partial charge in [-0.15, -0.1) is 0 Å². The smallest absolute Gasteiger partial charge is 0.133 e. The molecule has 0 saturated carbocycles. The van der Waals surface area contributed by atoms with Crippen molar-refractivity contribution in [1.82, 2.24) is 0 Å². The molecule has 0 saturated heterocycles. The SMILES string of the molecule is Cc1cc(N)cc(C)c1Oc1ccc(O)c(C(O)c2ccccc2O)c1. The van der Waals surface area contributed by atoms with Gasteiger partial charge in [-0.3, -0.25) is 0 Å². The zero-order chi connectivity index (χ0) is 18.8. The van der Waals surface area contributed by atoms with E-state index in [4.69, 9.17) is 10.5 Å². The van der Waals surface area contributed by atoms with Crippen LogP contribution in [0.3, 0.4) is 0 Å². The van der Waals surface area contributed by atoms with Crippen molar-refractivity contribution in [3.8, 4) is 23.0 Å². The minimum absolute atomic E-state index is 0.0454. The van der Waals surface area contributed by atoms with E-state index in [9.17, 15) is 15.3 Å². The molecule has 0 amide bonds. The molecule has 3 aromatic carbocycles. The Morgan fingerprint density at radius 3 is 2.12 bits per heavy atom. The fourth-order valence-corrected chi connectivity index (χ4v) is 2.96. The molecular weight excluding hydrogens is 330 g/mol. The molecule has 0 heterocycles. The number of phenolic OH excluding ortho intramolecular Hbond substituents is 2. The van der Waals surface area contributed by atoms with Gasteiger partial charge in [0.1, 0.15) is 29.1 Å². The van der Waals surface area contributed by atoms with E-state index in [1.807, 2.05) is 26.0 Å². The van der Waals surface area contributed by atoms with E-state index in [2.05, 4.69) is 0 Å².